The molecule has 0 aromatic heterocycles. The smallest absolute Gasteiger partial charge is 0.331 e. The predicted octanol–water partition coefficient (Wildman–Crippen LogP) is 0.660. The van der Waals surface area contributed by atoms with Gasteiger partial charge in [-0.2, -0.15) is 0 Å². The van der Waals surface area contributed by atoms with Crippen LogP contribution in [0.15, 0.2) is 0 Å². The number of nitrogens with one attached hydrogen (secondary N) is 1. The van der Waals surface area contributed by atoms with Gasteiger partial charge in [0.1, 0.15) is 5.92 Å². The third-order valence-corrected chi connectivity index (χ3v) is 4.38. The quantitative estimate of drug-likeness (QED) is 0.745. The third kappa shape index (κ3) is 2.14. The van der Waals surface area contributed by atoms with Crippen LogP contribution in [0.1, 0.15) is 32.1 Å². The summed E-state index contributed by atoms with van der Waals surface area (Å²) in [4.78, 5) is 37.6. The number of amides is 4. The SMILES string of the molecule is O=C1NC(=O)N(C2CCOC2)C(=O)C1C1CCCC1. The van der Waals surface area contributed by atoms with Crippen molar-refractivity contribution in [3.8, 4) is 0 Å². The average molecular weight is 266 g/mol. The summed E-state index contributed by atoms with van der Waals surface area (Å²) in [5.74, 6) is -1.33. The van der Waals surface area contributed by atoms with E-state index >= 15 is 0 Å². The van der Waals surface area contributed by atoms with E-state index in [1.54, 1.807) is 0 Å². The molecule has 3 rings (SSSR count). The summed E-state index contributed by atoms with van der Waals surface area (Å²) in [6.07, 6.45) is 4.56. The number of carbonyl (C=O) groups is 3. The van der Waals surface area contributed by atoms with Gasteiger partial charge in [0, 0.05) is 6.61 Å². The molecule has 0 spiro atoms. The van der Waals surface area contributed by atoms with E-state index in [-0.39, 0.29) is 17.9 Å². The number of rotatable bonds is 2. The molecule has 2 saturated heterocycles. The summed E-state index contributed by atoms with van der Waals surface area (Å²) < 4.78 is 5.24. The number of imide groups is 2. The molecule has 0 aromatic carbocycles. The molecule has 0 radical (unpaired) electrons. The molecule has 2 aliphatic heterocycles. The zero-order valence-corrected chi connectivity index (χ0v) is 10.8. The molecule has 19 heavy (non-hydrogen) atoms. The van der Waals surface area contributed by atoms with Gasteiger partial charge in [0.05, 0.1) is 12.6 Å². The first-order valence-electron chi connectivity index (χ1n) is 6.94. The number of ether oxygens (including phenoxy) is 1. The van der Waals surface area contributed by atoms with Crippen molar-refractivity contribution in [2.45, 2.75) is 38.1 Å². The van der Waals surface area contributed by atoms with Crippen LogP contribution in [0, 0.1) is 11.8 Å². The van der Waals surface area contributed by atoms with Crippen LogP contribution in [0.5, 0.6) is 0 Å². The summed E-state index contributed by atoms with van der Waals surface area (Å²) >= 11 is 0. The number of hydrogen-bond acceptors (Lipinski definition) is 4. The molecule has 1 saturated carbocycles. The van der Waals surface area contributed by atoms with Crippen molar-refractivity contribution in [2.75, 3.05) is 13.2 Å². The van der Waals surface area contributed by atoms with Crippen LogP contribution >= 0.6 is 0 Å². The van der Waals surface area contributed by atoms with Crippen molar-refractivity contribution >= 4 is 17.8 Å². The minimum absolute atomic E-state index is 0.0884. The van der Waals surface area contributed by atoms with E-state index in [9.17, 15) is 14.4 Å². The van der Waals surface area contributed by atoms with Crippen LogP contribution in [-0.2, 0) is 14.3 Å². The lowest BCUT2D eigenvalue weighted by atomic mass is 9.87. The maximum Gasteiger partial charge on any atom is 0.331 e. The molecule has 2 unspecified atom stereocenters. The summed E-state index contributed by atoms with van der Waals surface area (Å²) in [6, 6.07) is -0.802. The molecule has 3 fully saturated rings. The van der Waals surface area contributed by atoms with Gasteiger partial charge >= 0.3 is 6.03 Å². The first-order valence-corrected chi connectivity index (χ1v) is 6.94. The van der Waals surface area contributed by atoms with Crippen molar-refractivity contribution in [3.63, 3.8) is 0 Å². The maximum absolute atomic E-state index is 12.5. The Kier molecular flexibility index (Phi) is 3.26. The van der Waals surface area contributed by atoms with Crippen LogP contribution in [0.2, 0.25) is 0 Å². The van der Waals surface area contributed by atoms with Crippen molar-refractivity contribution in [2.24, 2.45) is 11.8 Å². The molecule has 0 bridgehead atoms. The summed E-state index contributed by atoms with van der Waals surface area (Å²) in [7, 11) is 0. The first kappa shape index (κ1) is 12.6. The summed E-state index contributed by atoms with van der Waals surface area (Å²) in [6.45, 7) is 0.939. The van der Waals surface area contributed by atoms with Crippen molar-refractivity contribution in [1.29, 1.82) is 0 Å². The van der Waals surface area contributed by atoms with E-state index in [0.29, 0.717) is 19.6 Å². The monoisotopic (exact) mass is 266 g/mol. The Bertz CT molecular complexity index is 375. The highest BCUT2D eigenvalue weighted by Gasteiger charge is 2.47. The van der Waals surface area contributed by atoms with Crippen LogP contribution in [0.4, 0.5) is 4.79 Å². The Morgan fingerprint density at radius 3 is 2.47 bits per heavy atom. The Labute approximate surface area is 111 Å². The second kappa shape index (κ2) is 4.92. The minimum atomic E-state index is -0.680. The molecule has 6 nitrogen and oxygen atoms in total. The molecule has 3 aliphatic rings. The lowest BCUT2D eigenvalue weighted by molar-refractivity contribution is -0.146. The number of barbiturate groups is 1. The second-order valence-corrected chi connectivity index (χ2v) is 5.54. The van der Waals surface area contributed by atoms with Gasteiger partial charge in [0.2, 0.25) is 11.8 Å². The fourth-order valence-electron chi connectivity index (χ4n) is 3.38. The summed E-state index contributed by atoms with van der Waals surface area (Å²) in [5.41, 5.74) is 0. The van der Waals surface area contributed by atoms with Gasteiger partial charge in [-0.15, -0.1) is 0 Å². The zero-order valence-electron chi connectivity index (χ0n) is 10.8. The normalized spacial score (nSPS) is 33.1. The van der Waals surface area contributed by atoms with Crippen LogP contribution < -0.4 is 5.32 Å². The van der Waals surface area contributed by atoms with Gasteiger partial charge in [-0.1, -0.05) is 12.8 Å². The zero-order chi connectivity index (χ0) is 13.4. The fraction of sp³-hybridized carbons (Fsp3) is 0.769. The Morgan fingerprint density at radius 1 is 1.11 bits per heavy atom. The average Bonchev–Trinajstić information content (AvgIpc) is 3.00. The lowest BCUT2D eigenvalue weighted by Crippen LogP contribution is -2.62. The Hall–Kier alpha value is -1.43. The number of nitrogens with zero attached hydrogens (tertiary/aromatic N) is 1. The minimum Gasteiger partial charge on any atom is -0.379 e. The predicted molar refractivity (Wildman–Crippen MR) is 65.1 cm³/mol. The van der Waals surface area contributed by atoms with E-state index in [2.05, 4.69) is 5.32 Å². The van der Waals surface area contributed by atoms with Gasteiger partial charge in [0.25, 0.3) is 0 Å². The molecular formula is C13H18N2O4. The third-order valence-electron chi connectivity index (χ3n) is 4.38. The van der Waals surface area contributed by atoms with E-state index in [1.807, 2.05) is 0 Å². The fourth-order valence-corrected chi connectivity index (χ4v) is 3.38. The second-order valence-electron chi connectivity index (χ2n) is 5.54. The molecule has 1 aliphatic carbocycles. The standard InChI is InChI=1S/C13H18N2O4/c16-11-10(8-3-1-2-4-8)12(17)15(13(18)14-11)9-5-6-19-7-9/h8-10H,1-7H2,(H,14,16,18). The maximum atomic E-state index is 12.5. The van der Waals surface area contributed by atoms with Gasteiger partial charge in [-0.05, 0) is 25.2 Å². The molecule has 2 heterocycles. The van der Waals surface area contributed by atoms with Crippen molar-refractivity contribution < 1.29 is 19.1 Å². The van der Waals surface area contributed by atoms with Crippen LogP contribution in [0.3, 0.4) is 0 Å². The van der Waals surface area contributed by atoms with E-state index in [1.165, 1.54) is 4.90 Å². The number of urea groups is 1. The van der Waals surface area contributed by atoms with Crippen LogP contribution in [-0.4, -0.2) is 42.0 Å². The van der Waals surface area contributed by atoms with E-state index in [4.69, 9.17) is 4.74 Å². The van der Waals surface area contributed by atoms with E-state index < -0.39 is 17.9 Å². The largest absolute Gasteiger partial charge is 0.379 e. The molecule has 0 aromatic rings. The highest BCUT2D eigenvalue weighted by molar-refractivity contribution is 6.16. The molecule has 4 amide bonds. The number of carbonyl (C=O) groups excluding carboxylic acids is 3. The van der Waals surface area contributed by atoms with Gasteiger partial charge < -0.3 is 4.74 Å². The van der Waals surface area contributed by atoms with Crippen LogP contribution in [0.25, 0.3) is 0 Å². The molecule has 6 heteroatoms. The molecule has 104 valence electrons. The first-order chi connectivity index (χ1) is 9.18. The summed E-state index contributed by atoms with van der Waals surface area (Å²) in [5, 5.41) is 2.34. The Balaban J connectivity index is 1.82. The molecular weight excluding hydrogens is 248 g/mol. The van der Waals surface area contributed by atoms with Gasteiger partial charge in [-0.25, -0.2) is 4.79 Å². The highest BCUT2D eigenvalue weighted by Crippen LogP contribution is 2.34. The molecule has 1 N–H and O–H groups in total. The lowest BCUT2D eigenvalue weighted by Gasteiger charge is -2.35. The number of hydrogen-bond donors (Lipinski definition) is 1. The van der Waals surface area contributed by atoms with Gasteiger partial charge in [0.15, 0.2) is 0 Å². The van der Waals surface area contributed by atoms with E-state index in [0.717, 1.165) is 25.7 Å². The Morgan fingerprint density at radius 2 is 1.84 bits per heavy atom. The van der Waals surface area contributed by atoms with Crippen molar-refractivity contribution in [3.05, 3.63) is 0 Å². The van der Waals surface area contributed by atoms with Crippen molar-refractivity contribution in [1.82, 2.24) is 10.2 Å². The molecule has 2 atom stereocenters. The topological polar surface area (TPSA) is 75.7 Å². The van der Waals surface area contributed by atoms with Gasteiger partial charge in [-0.3, -0.25) is 19.8 Å². The highest BCUT2D eigenvalue weighted by atomic mass is 16.5.